The van der Waals surface area contributed by atoms with Crippen molar-refractivity contribution in [2.75, 3.05) is 18.8 Å². The molecule has 3 fully saturated rings. The number of amides is 2. The van der Waals surface area contributed by atoms with Gasteiger partial charge in [0.25, 0.3) is 0 Å². The highest BCUT2D eigenvalue weighted by molar-refractivity contribution is 7.92. The molecule has 0 aromatic heterocycles. The Hall–Kier alpha value is -1.11. The van der Waals surface area contributed by atoms with Gasteiger partial charge in [0.05, 0.1) is 17.5 Å². The second-order valence-electron chi connectivity index (χ2n) is 6.51. The van der Waals surface area contributed by atoms with Crippen LogP contribution in [0.15, 0.2) is 0 Å². The highest BCUT2D eigenvalue weighted by atomic mass is 32.2. The van der Waals surface area contributed by atoms with Crippen molar-refractivity contribution in [1.29, 1.82) is 0 Å². The smallest absolute Gasteiger partial charge is 0.248 e. The fourth-order valence-electron chi connectivity index (χ4n) is 3.86. The summed E-state index contributed by atoms with van der Waals surface area (Å²) in [4.78, 5) is 26.2. The number of hydrogen-bond donors (Lipinski definition) is 1. The molecule has 118 valence electrons. The van der Waals surface area contributed by atoms with Gasteiger partial charge in [-0.3, -0.25) is 9.59 Å². The Morgan fingerprint density at radius 1 is 1.14 bits per heavy atom. The Morgan fingerprint density at radius 2 is 1.86 bits per heavy atom. The summed E-state index contributed by atoms with van der Waals surface area (Å²) < 4.78 is 23.9. The van der Waals surface area contributed by atoms with Crippen molar-refractivity contribution in [3.05, 3.63) is 0 Å². The Kier molecular flexibility index (Phi) is 3.71. The summed E-state index contributed by atoms with van der Waals surface area (Å²) >= 11 is 0. The van der Waals surface area contributed by atoms with Crippen molar-refractivity contribution in [3.63, 3.8) is 0 Å². The van der Waals surface area contributed by atoms with E-state index in [0.29, 0.717) is 25.7 Å². The van der Waals surface area contributed by atoms with Gasteiger partial charge in [-0.25, -0.2) is 8.42 Å². The van der Waals surface area contributed by atoms with Gasteiger partial charge < -0.3 is 10.2 Å². The molecular formula is C14H22N2O4S. The zero-order valence-corrected chi connectivity index (χ0v) is 13.0. The fourth-order valence-corrected chi connectivity index (χ4v) is 5.69. The van der Waals surface area contributed by atoms with Crippen molar-refractivity contribution in [3.8, 4) is 0 Å². The molecule has 1 unspecified atom stereocenters. The molecule has 0 aromatic carbocycles. The van der Waals surface area contributed by atoms with E-state index in [1.165, 1.54) is 4.90 Å². The lowest BCUT2D eigenvalue weighted by Crippen LogP contribution is -2.68. The highest BCUT2D eigenvalue weighted by Gasteiger charge is 2.48. The molecule has 2 saturated heterocycles. The summed E-state index contributed by atoms with van der Waals surface area (Å²) in [6.07, 6.45) is 5.55. The number of carbonyl (C=O) groups excluding carboxylic acids is 2. The molecule has 2 heterocycles. The molecule has 21 heavy (non-hydrogen) atoms. The normalized spacial score (nSPS) is 31.4. The van der Waals surface area contributed by atoms with Crippen LogP contribution in [-0.4, -0.2) is 54.8 Å². The summed E-state index contributed by atoms with van der Waals surface area (Å²) in [5, 5.41) is 2.38. The number of piperazine rings is 1. The summed E-state index contributed by atoms with van der Waals surface area (Å²) in [6, 6.07) is 0. The molecule has 1 saturated carbocycles. The monoisotopic (exact) mass is 314 g/mol. The first-order valence-corrected chi connectivity index (χ1v) is 9.46. The summed E-state index contributed by atoms with van der Waals surface area (Å²) in [5.41, 5.74) is -0.768. The number of carbonyl (C=O) groups is 2. The zero-order valence-electron chi connectivity index (χ0n) is 12.1. The van der Waals surface area contributed by atoms with Crippen LogP contribution >= 0.6 is 0 Å². The molecule has 1 N–H and O–H groups in total. The Labute approximate surface area is 125 Å². The van der Waals surface area contributed by atoms with Crippen LogP contribution in [0, 0.1) is 0 Å². The van der Waals surface area contributed by atoms with Gasteiger partial charge in [0.15, 0.2) is 9.84 Å². The fraction of sp³-hybridized carbons (Fsp3) is 0.857. The molecule has 1 spiro atoms. The van der Waals surface area contributed by atoms with Crippen LogP contribution < -0.4 is 5.32 Å². The molecule has 1 aliphatic carbocycles. The summed E-state index contributed by atoms with van der Waals surface area (Å²) in [6.45, 7) is 0.170. The molecule has 6 nitrogen and oxygen atoms in total. The Morgan fingerprint density at radius 3 is 2.48 bits per heavy atom. The van der Waals surface area contributed by atoms with Crippen LogP contribution in [-0.2, 0) is 19.4 Å². The van der Waals surface area contributed by atoms with Gasteiger partial charge in [-0.05, 0) is 25.7 Å². The van der Waals surface area contributed by atoms with E-state index >= 15 is 0 Å². The van der Waals surface area contributed by atoms with E-state index in [1.807, 2.05) is 0 Å². The van der Waals surface area contributed by atoms with E-state index in [9.17, 15) is 18.0 Å². The van der Waals surface area contributed by atoms with E-state index in [1.54, 1.807) is 0 Å². The average Bonchev–Trinajstić information content (AvgIpc) is 2.76. The maximum atomic E-state index is 12.8. The second-order valence-corrected chi connectivity index (χ2v) is 8.91. The van der Waals surface area contributed by atoms with Crippen molar-refractivity contribution >= 4 is 21.7 Å². The first kappa shape index (κ1) is 14.8. The molecule has 0 aromatic rings. The summed E-state index contributed by atoms with van der Waals surface area (Å²) in [5.74, 6) is -0.0346. The number of nitrogens with one attached hydrogen (secondary N) is 1. The number of nitrogens with zero attached hydrogens (tertiary/aromatic N) is 1. The third kappa shape index (κ3) is 2.67. The Bertz CT molecular complexity index is 551. The van der Waals surface area contributed by atoms with E-state index in [2.05, 4.69) is 5.32 Å². The van der Waals surface area contributed by atoms with E-state index in [-0.39, 0.29) is 30.7 Å². The maximum Gasteiger partial charge on any atom is 0.248 e. The van der Waals surface area contributed by atoms with E-state index in [4.69, 9.17) is 0 Å². The standard InChI is InChI=1S/C14H22N2O4S/c17-12-10-16(9-11-5-4-8-21(11,19)20)13(18)14(15-12)6-2-1-3-7-14/h11H,1-10H2,(H,15,17). The van der Waals surface area contributed by atoms with E-state index < -0.39 is 20.6 Å². The van der Waals surface area contributed by atoms with E-state index in [0.717, 1.165) is 19.3 Å². The predicted molar refractivity (Wildman–Crippen MR) is 77.3 cm³/mol. The van der Waals surface area contributed by atoms with Crippen LogP contribution in [0.4, 0.5) is 0 Å². The van der Waals surface area contributed by atoms with Gasteiger partial charge in [-0.2, -0.15) is 0 Å². The van der Waals surface area contributed by atoms with Crippen molar-refractivity contribution in [2.45, 2.75) is 55.7 Å². The SMILES string of the molecule is O=C1CN(CC2CCCS2(=O)=O)C(=O)C2(CCCCC2)N1. The van der Waals surface area contributed by atoms with Crippen LogP contribution in [0.5, 0.6) is 0 Å². The second kappa shape index (κ2) is 5.26. The first-order valence-electron chi connectivity index (χ1n) is 7.75. The summed E-state index contributed by atoms with van der Waals surface area (Å²) in [7, 11) is -3.10. The van der Waals surface area contributed by atoms with Crippen molar-refractivity contribution in [1.82, 2.24) is 10.2 Å². The molecule has 0 radical (unpaired) electrons. The van der Waals surface area contributed by atoms with Crippen LogP contribution in [0.1, 0.15) is 44.9 Å². The average molecular weight is 314 g/mol. The van der Waals surface area contributed by atoms with Gasteiger partial charge in [-0.1, -0.05) is 19.3 Å². The van der Waals surface area contributed by atoms with Crippen molar-refractivity contribution < 1.29 is 18.0 Å². The predicted octanol–water partition coefficient (Wildman–Crippen LogP) is 0.225. The molecule has 2 amide bonds. The highest BCUT2D eigenvalue weighted by Crippen LogP contribution is 2.32. The molecule has 2 aliphatic heterocycles. The third-order valence-electron chi connectivity index (χ3n) is 5.00. The van der Waals surface area contributed by atoms with Crippen molar-refractivity contribution in [2.24, 2.45) is 0 Å². The molecule has 3 rings (SSSR count). The lowest BCUT2D eigenvalue weighted by molar-refractivity contribution is -0.151. The number of hydrogen-bond acceptors (Lipinski definition) is 4. The zero-order chi connectivity index (χ0) is 15.1. The Balaban J connectivity index is 1.78. The lowest BCUT2D eigenvalue weighted by Gasteiger charge is -2.44. The van der Waals surface area contributed by atoms with Gasteiger partial charge in [0, 0.05) is 6.54 Å². The van der Waals surface area contributed by atoms with Crippen LogP contribution in [0.25, 0.3) is 0 Å². The number of rotatable bonds is 2. The first-order chi connectivity index (χ1) is 9.93. The van der Waals surface area contributed by atoms with Gasteiger partial charge in [0.2, 0.25) is 11.8 Å². The quantitative estimate of drug-likeness (QED) is 0.790. The topological polar surface area (TPSA) is 83.6 Å². The van der Waals surface area contributed by atoms with Crippen LogP contribution in [0.2, 0.25) is 0 Å². The maximum absolute atomic E-state index is 12.8. The lowest BCUT2D eigenvalue weighted by atomic mass is 9.79. The molecule has 3 aliphatic rings. The third-order valence-corrected chi connectivity index (χ3v) is 7.26. The molecule has 7 heteroatoms. The molecular weight excluding hydrogens is 292 g/mol. The minimum Gasteiger partial charge on any atom is -0.340 e. The minimum absolute atomic E-state index is 0.00734. The largest absolute Gasteiger partial charge is 0.340 e. The van der Waals surface area contributed by atoms with Crippen LogP contribution in [0.3, 0.4) is 0 Å². The number of sulfone groups is 1. The molecule has 0 bridgehead atoms. The van der Waals surface area contributed by atoms with Gasteiger partial charge in [0.1, 0.15) is 5.54 Å². The molecule has 1 atom stereocenters. The minimum atomic E-state index is -3.10. The van der Waals surface area contributed by atoms with Gasteiger partial charge in [-0.15, -0.1) is 0 Å². The van der Waals surface area contributed by atoms with Gasteiger partial charge >= 0.3 is 0 Å².